The number of nitrogens with one attached hydrogen (secondary N) is 1. The molecule has 1 atom stereocenters. The Balaban J connectivity index is 2.70. The van der Waals surface area contributed by atoms with Gasteiger partial charge in [-0.1, -0.05) is 55.6 Å². The molecule has 0 heterocycles. The van der Waals surface area contributed by atoms with Crippen LogP contribution in [-0.2, 0) is 0 Å². The fourth-order valence-electron chi connectivity index (χ4n) is 2.13. The molecule has 0 aliphatic heterocycles. The van der Waals surface area contributed by atoms with Crippen LogP contribution < -0.4 is 5.32 Å². The van der Waals surface area contributed by atoms with Gasteiger partial charge in [0.15, 0.2) is 0 Å². The molecule has 18 heavy (non-hydrogen) atoms. The third kappa shape index (κ3) is 5.07. The van der Waals surface area contributed by atoms with Crippen molar-refractivity contribution < 1.29 is 4.39 Å². The van der Waals surface area contributed by atoms with Crippen molar-refractivity contribution in [2.75, 3.05) is 6.54 Å². The van der Waals surface area contributed by atoms with Gasteiger partial charge in [-0.15, -0.1) is 0 Å². The Bertz CT molecular complexity index is 366. The van der Waals surface area contributed by atoms with Gasteiger partial charge in [-0.25, -0.2) is 4.39 Å². The molecule has 1 nitrogen and oxygen atoms in total. The highest BCUT2D eigenvalue weighted by atomic mass is 79.9. The van der Waals surface area contributed by atoms with E-state index >= 15 is 0 Å². The first-order valence-electron chi connectivity index (χ1n) is 6.73. The molecule has 0 saturated carbocycles. The second kappa shape index (κ2) is 7.90. The summed E-state index contributed by atoms with van der Waals surface area (Å²) in [4.78, 5) is 0. The van der Waals surface area contributed by atoms with Gasteiger partial charge in [0.1, 0.15) is 5.82 Å². The summed E-state index contributed by atoms with van der Waals surface area (Å²) in [5.41, 5.74) is 0.781. The Kier molecular flexibility index (Phi) is 6.87. The van der Waals surface area contributed by atoms with Gasteiger partial charge < -0.3 is 5.32 Å². The molecule has 1 aromatic rings. The number of hydrogen-bond acceptors (Lipinski definition) is 1. The molecule has 0 aliphatic carbocycles. The molecule has 1 N–H and O–H groups in total. The van der Waals surface area contributed by atoms with E-state index in [1.165, 1.54) is 6.42 Å². The van der Waals surface area contributed by atoms with Crippen LogP contribution in [0, 0.1) is 11.7 Å². The topological polar surface area (TPSA) is 12.0 Å². The van der Waals surface area contributed by atoms with Crippen molar-refractivity contribution in [2.45, 2.75) is 46.1 Å². The number of hydrogen-bond donors (Lipinski definition) is 1. The number of halogens is 2. The van der Waals surface area contributed by atoms with E-state index in [1.54, 1.807) is 6.07 Å². The third-order valence-electron chi connectivity index (χ3n) is 3.06. The summed E-state index contributed by atoms with van der Waals surface area (Å²) in [5.74, 6) is 0.585. The molecule has 1 rings (SSSR count). The van der Waals surface area contributed by atoms with Gasteiger partial charge in [0.2, 0.25) is 0 Å². The van der Waals surface area contributed by atoms with Crippen molar-refractivity contribution >= 4 is 15.9 Å². The Labute approximate surface area is 118 Å². The largest absolute Gasteiger partial charge is 0.310 e. The van der Waals surface area contributed by atoms with Crippen LogP contribution >= 0.6 is 15.9 Å². The average Bonchev–Trinajstić information content (AvgIpc) is 2.28. The van der Waals surface area contributed by atoms with Crippen molar-refractivity contribution in [3.8, 4) is 0 Å². The lowest BCUT2D eigenvalue weighted by atomic mass is 9.97. The van der Waals surface area contributed by atoms with E-state index in [2.05, 4.69) is 42.0 Å². The Morgan fingerprint density at radius 1 is 1.28 bits per heavy atom. The van der Waals surface area contributed by atoms with Gasteiger partial charge in [-0.3, -0.25) is 0 Å². The van der Waals surface area contributed by atoms with E-state index in [4.69, 9.17) is 0 Å². The Hall–Kier alpha value is -0.410. The monoisotopic (exact) mass is 315 g/mol. The zero-order chi connectivity index (χ0) is 13.5. The summed E-state index contributed by atoms with van der Waals surface area (Å²) in [7, 11) is 0. The Morgan fingerprint density at radius 2 is 2.00 bits per heavy atom. The van der Waals surface area contributed by atoms with E-state index in [-0.39, 0.29) is 11.9 Å². The second-order valence-electron chi connectivity index (χ2n) is 5.10. The minimum absolute atomic E-state index is 0.125. The fraction of sp³-hybridized carbons (Fsp3) is 0.600. The summed E-state index contributed by atoms with van der Waals surface area (Å²) in [6.45, 7) is 7.37. The second-order valence-corrected chi connectivity index (χ2v) is 6.02. The summed E-state index contributed by atoms with van der Waals surface area (Å²) >= 11 is 3.30. The quantitative estimate of drug-likeness (QED) is 0.741. The van der Waals surface area contributed by atoms with Crippen molar-refractivity contribution in [1.82, 2.24) is 5.32 Å². The lowest BCUT2D eigenvalue weighted by molar-refractivity contribution is 0.441. The number of benzene rings is 1. The Morgan fingerprint density at radius 3 is 2.56 bits per heavy atom. The summed E-state index contributed by atoms with van der Waals surface area (Å²) in [6.07, 6.45) is 3.31. The molecule has 0 spiro atoms. The maximum Gasteiger partial charge on any atom is 0.129 e. The SMILES string of the molecule is CCNC(CCCC(C)C)c1ccc(Br)cc1F. The summed E-state index contributed by atoms with van der Waals surface area (Å²) in [5, 5.41) is 3.38. The fourth-order valence-corrected chi connectivity index (χ4v) is 2.46. The molecule has 1 aromatic carbocycles. The standard InChI is InChI=1S/C15H23BrFN/c1-4-18-15(7-5-6-11(2)3)13-9-8-12(16)10-14(13)17/h8-11,15,18H,4-7H2,1-3H3. The van der Waals surface area contributed by atoms with Crippen molar-refractivity contribution in [3.05, 3.63) is 34.1 Å². The van der Waals surface area contributed by atoms with Gasteiger partial charge in [-0.05, 0) is 31.0 Å². The zero-order valence-corrected chi connectivity index (χ0v) is 13.1. The molecular weight excluding hydrogens is 293 g/mol. The van der Waals surface area contributed by atoms with Crippen LogP contribution in [0.25, 0.3) is 0 Å². The zero-order valence-electron chi connectivity index (χ0n) is 11.5. The van der Waals surface area contributed by atoms with E-state index in [0.717, 1.165) is 29.4 Å². The molecule has 0 saturated heterocycles. The molecule has 1 unspecified atom stereocenters. The summed E-state index contributed by atoms with van der Waals surface area (Å²) in [6, 6.07) is 5.46. The van der Waals surface area contributed by atoms with Crippen LogP contribution in [0.4, 0.5) is 4.39 Å². The van der Waals surface area contributed by atoms with Crippen LogP contribution in [0.2, 0.25) is 0 Å². The van der Waals surface area contributed by atoms with Gasteiger partial charge >= 0.3 is 0 Å². The van der Waals surface area contributed by atoms with Crippen molar-refractivity contribution in [2.24, 2.45) is 5.92 Å². The molecule has 3 heteroatoms. The van der Waals surface area contributed by atoms with Crippen LogP contribution in [0.5, 0.6) is 0 Å². The molecule has 0 bridgehead atoms. The average molecular weight is 316 g/mol. The van der Waals surface area contributed by atoms with Gasteiger partial charge in [-0.2, -0.15) is 0 Å². The van der Waals surface area contributed by atoms with Crippen LogP contribution in [-0.4, -0.2) is 6.54 Å². The highest BCUT2D eigenvalue weighted by Gasteiger charge is 2.14. The first-order valence-corrected chi connectivity index (χ1v) is 7.52. The van der Waals surface area contributed by atoms with Crippen LogP contribution in [0.1, 0.15) is 51.6 Å². The minimum Gasteiger partial charge on any atom is -0.310 e. The molecule has 0 amide bonds. The molecule has 0 aromatic heterocycles. The summed E-state index contributed by atoms with van der Waals surface area (Å²) < 4.78 is 14.7. The van der Waals surface area contributed by atoms with Gasteiger partial charge in [0.25, 0.3) is 0 Å². The predicted octanol–water partition coefficient (Wildman–Crippen LogP) is 5.07. The van der Waals surface area contributed by atoms with E-state index in [0.29, 0.717) is 5.92 Å². The van der Waals surface area contributed by atoms with Crippen LogP contribution in [0.3, 0.4) is 0 Å². The lowest BCUT2D eigenvalue weighted by Gasteiger charge is -2.19. The van der Waals surface area contributed by atoms with E-state index < -0.39 is 0 Å². The predicted molar refractivity (Wildman–Crippen MR) is 79.2 cm³/mol. The normalized spacial score (nSPS) is 13.0. The first-order chi connectivity index (χ1) is 8.54. The maximum atomic E-state index is 13.9. The molecule has 102 valence electrons. The molecular formula is C15H23BrFN. The van der Waals surface area contributed by atoms with Crippen molar-refractivity contribution in [1.29, 1.82) is 0 Å². The molecule has 0 radical (unpaired) electrons. The van der Waals surface area contributed by atoms with Crippen LogP contribution in [0.15, 0.2) is 22.7 Å². The highest BCUT2D eigenvalue weighted by molar-refractivity contribution is 9.10. The number of rotatable bonds is 7. The van der Waals surface area contributed by atoms with E-state index in [9.17, 15) is 4.39 Å². The lowest BCUT2D eigenvalue weighted by Crippen LogP contribution is -2.22. The highest BCUT2D eigenvalue weighted by Crippen LogP contribution is 2.25. The van der Waals surface area contributed by atoms with Gasteiger partial charge in [0, 0.05) is 16.1 Å². The maximum absolute atomic E-state index is 13.9. The third-order valence-corrected chi connectivity index (χ3v) is 3.56. The molecule has 0 aliphatic rings. The van der Waals surface area contributed by atoms with Crippen molar-refractivity contribution in [3.63, 3.8) is 0 Å². The molecule has 0 fully saturated rings. The minimum atomic E-state index is -0.125. The van der Waals surface area contributed by atoms with E-state index in [1.807, 2.05) is 12.1 Å². The smallest absolute Gasteiger partial charge is 0.129 e. The van der Waals surface area contributed by atoms with Gasteiger partial charge in [0.05, 0.1) is 0 Å². The first kappa shape index (κ1) is 15.6.